The largest absolute Gasteiger partial charge is 0.394 e. The van der Waals surface area contributed by atoms with Gasteiger partial charge in [0.25, 0.3) is 0 Å². The van der Waals surface area contributed by atoms with E-state index in [1.807, 2.05) is 0 Å². The monoisotopic (exact) mass is 533 g/mol. The van der Waals surface area contributed by atoms with Crippen LogP contribution in [0.5, 0.6) is 0 Å². The van der Waals surface area contributed by atoms with Crippen molar-refractivity contribution in [2.45, 2.75) is 67.4 Å². The predicted molar refractivity (Wildman–Crippen MR) is 128 cm³/mol. The van der Waals surface area contributed by atoms with Gasteiger partial charge in [0.1, 0.15) is 12.2 Å². The van der Waals surface area contributed by atoms with Crippen LogP contribution < -0.4 is 5.32 Å². The summed E-state index contributed by atoms with van der Waals surface area (Å²) in [5.74, 6) is -5.79. The fraction of sp³-hybridized carbons (Fsp3) is 0.565. The molecule has 0 amide bonds. The average molecular weight is 534 g/mol. The number of aromatic nitrogens is 5. The summed E-state index contributed by atoms with van der Waals surface area (Å²) in [5.41, 5.74) is -4.28. The molecule has 10 nitrogen and oxygen atoms in total. The molecule has 1 aromatic carbocycles. The topological polar surface area (TPSA) is 138 Å². The zero-order chi connectivity index (χ0) is 35.1. The molecule has 0 radical (unpaired) electrons. The molecule has 2 aromatic heterocycles. The van der Waals surface area contributed by atoms with Gasteiger partial charge in [-0.1, -0.05) is 29.9 Å². The number of hydrogen-bond acceptors (Lipinski definition) is 10. The van der Waals surface area contributed by atoms with Crippen molar-refractivity contribution in [1.82, 2.24) is 25.0 Å². The molecule has 1 unspecified atom stereocenters. The number of nitrogens with zero attached hydrogens (tertiary/aromatic N) is 5. The Kier molecular flexibility index (Phi) is 4.40. The summed E-state index contributed by atoms with van der Waals surface area (Å²) in [6.07, 6.45) is -10.4. The third-order valence-electron chi connectivity index (χ3n) is 5.72. The lowest BCUT2D eigenvalue weighted by Gasteiger charge is -2.17. The van der Waals surface area contributed by atoms with E-state index in [9.17, 15) is 19.0 Å². The summed E-state index contributed by atoms with van der Waals surface area (Å²) in [5, 5.41) is 40.1. The van der Waals surface area contributed by atoms with Gasteiger partial charge in [-0.3, -0.25) is 0 Å². The third kappa shape index (κ3) is 4.90. The molecule has 13 heteroatoms. The number of halogens is 2. The molecular formula is C23H28F2N6O4S. The van der Waals surface area contributed by atoms with E-state index in [1.54, 1.807) is 0 Å². The van der Waals surface area contributed by atoms with Crippen molar-refractivity contribution >= 4 is 28.7 Å². The first-order chi connectivity index (χ1) is 21.6. The minimum absolute atomic E-state index is 0.0678. The minimum Gasteiger partial charge on any atom is -0.394 e. The fourth-order valence-electron chi connectivity index (χ4n) is 3.99. The summed E-state index contributed by atoms with van der Waals surface area (Å²) < 4.78 is 124. The molecule has 2 fully saturated rings. The Bertz CT molecular complexity index is 1690. The fourth-order valence-corrected chi connectivity index (χ4v) is 4.40. The van der Waals surface area contributed by atoms with Crippen LogP contribution in [0.15, 0.2) is 23.4 Å². The molecule has 2 aliphatic rings. The molecule has 2 saturated carbocycles. The highest BCUT2D eigenvalue weighted by Gasteiger charge is 2.45. The second kappa shape index (κ2) is 10.5. The van der Waals surface area contributed by atoms with Gasteiger partial charge in [-0.25, -0.2) is 23.4 Å². The second-order valence-corrected chi connectivity index (χ2v) is 8.71. The van der Waals surface area contributed by atoms with Crippen molar-refractivity contribution in [3.05, 3.63) is 35.4 Å². The zero-order valence-electron chi connectivity index (χ0n) is 29.3. The van der Waals surface area contributed by atoms with Gasteiger partial charge in [-0.05, 0) is 30.4 Å². The third-order valence-corrected chi connectivity index (χ3v) is 6.29. The summed E-state index contributed by atoms with van der Waals surface area (Å²) >= 11 is -0.0678. The summed E-state index contributed by atoms with van der Waals surface area (Å²) in [6, 6.07) is -1.63. The number of ether oxygens (including phenoxy) is 1. The lowest BCUT2D eigenvalue weighted by atomic mass is 10.1. The van der Waals surface area contributed by atoms with Gasteiger partial charge in [0.2, 0.25) is 0 Å². The molecule has 5 rings (SSSR count). The molecule has 0 spiro atoms. The maximum atomic E-state index is 14.1. The summed E-state index contributed by atoms with van der Waals surface area (Å²) in [6.45, 7) is -4.00. The average Bonchev–Trinajstić information content (AvgIpc) is 3.33. The van der Waals surface area contributed by atoms with Crippen molar-refractivity contribution < 1.29 is 43.9 Å². The second-order valence-electron chi connectivity index (χ2n) is 7.94. The van der Waals surface area contributed by atoms with Gasteiger partial charge < -0.3 is 25.4 Å². The Morgan fingerprint density at radius 2 is 2.19 bits per heavy atom. The van der Waals surface area contributed by atoms with Crippen LogP contribution in [0.4, 0.5) is 14.6 Å². The number of hydrogen-bond donors (Lipinski definition) is 4. The van der Waals surface area contributed by atoms with Crippen LogP contribution in [0.1, 0.15) is 58.6 Å². The van der Waals surface area contributed by atoms with Gasteiger partial charge in [0.15, 0.2) is 33.8 Å². The van der Waals surface area contributed by atoms with E-state index in [0.29, 0.717) is 12.1 Å². The Morgan fingerprint density at radius 1 is 1.33 bits per heavy atom. The van der Waals surface area contributed by atoms with Crippen molar-refractivity contribution in [3.8, 4) is 0 Å². The van der Waals surface area contributed by atoms with Crippen LogP contribution in [0, 0.1) is 11.6 Å². The highest BCUT2D eigenvalue weighted by atomic mass is 32.2. The Balaban J connectivity index is 1.62. The standard InChI is InChI=1S/C23H28F2N6O4S/c1-2-7-36-23-27-21(26-15-9-12(15)11-3-4-13(24)14(25)8-11)18-22(28-23)31(30-29-18)16-10-17(35-6-5-32)20(34)19(16)33/h3-4,8,12,15-17,19-20,32-34H,2,5-7,9-10H2,1H3,(H,26,27,28)/t12?,15-,16+,17-,19-,20+/m0/s1/i1D3,2D2,7D2,9D2,12D,15D. The first kappa shape index (κ1) is 15.1. The van der Waals surface area contributed by atoms with Gasteiger partial charge >= 0.3 is 0 Å². The lowest BCUT2D eigenvalue weighted by Crippen LogP contribution is -2.33. The number of rotatable bonds is 10. The van der Waals surface area contributed by atoms with Gasteiger partial charge in [-0.2, -0.15) is 0 Å². The van der Waals surface area contributed by atoms with Crippen LogP contribution in [0.2, 0.25) is 0 Å². The first-order valence-electron chi connectivity index (χ1n) is 16.2. The minimum atomic E-state index is -3.47. The quantitative estimate of drug-likeness (QED) is 0.226. The van der Waals surface area contributed by atoms with Crippen LogP contribution in [-0.4, -0.2) is 83.5 Å². The molecular weight excluding hydrogens is 494 g/mol. The van der Waals surface area contributed by atoms with E-state index in [0.717, 1.165) is 10.7 Å². The highest BCUT2D eigenvalue weighted by Crippen LogP contribution is 2.44. The lowest BCUT2D eigenvalue weighted by molar-refractivity contribution is -0.0629. The number of benzene rings is 1. The van der Waals surface area contributed by atoms with E-state index in [1.165, 1.54) is 0 Å². The number of thioether (sulfide) groups is 1. The molecule has 6 atom stereocenters. The summed E-state index contributed by atoms with van der Waals surface area (Å²) in [7, 11) is 0. The van der Waals surface area contributed by atoms with E-state index < -0.39 is 89.7 Å². The first-order valence-corrected chi connectivity index (χ1v) is 11.5. The molecule has 4 N–H and O–H groups in total. The Morgan fingerprint density at radius 3 is 2.97 bits per heavy atom. The maximum absolute atomic E-state index is 14.1. The Hall–Kier alpha value is -2.45. The Labute approximate surface area is 225 Å². The normalized spacial score (nSPS) is 38.8. The predicted octanol–water partition coefficient (Wildman–Crippen LogP) is 2.01. The van der Waals surface area contributed by atoms with Gasteiger partial charge in [-0.15, -0.1) is 5.10 Å². The molecule has 0 aliphatic heterocycles. The molecule has 0 bridgehead atoms. The van der Waals surface area contributed by atoms with Crippen molar-refractivity contribution in [2.24, 2.45) is 0 Å². The maximum Gasteiger partial charge on any atom is 0.191 e. The van der Waals surface area contributed by atoms with E-state index in [-0.39, 0.29) is 42.6 Å². The van der Waals surface area contributed by atoms with E-state index in [4.69, 9.17) is 24.9 Å². The van der Waals surface area contributed by atoms with Crippen molar-refractivity contribution in [1.29, 1.82) is 0 Å². The van der Waals surface area contributed by atoms with Crippen LogP contribution in [0.25, 0.3) is 11.2 Å². The molecule has 2 aliphatic carbocycles. The number of fused-ring (bicyclic) bond motifs is 1. The van der Waals surface area contributed by atoms with E-state index >= 15 is 0 Å². The van der Waals surface area contributed by atoms with Crippen LogP contribution in [0.3, 0.4) is 0 Å². The molecule has 3 aromatic rings. The smallest absolute Gasteiger partial charge is 0.191 e. The molecule has 194 valence electrons. The molecule has 2 heterocycles. The number of nitrogens with one attached hydrogen (secondary N) is 1. The summed E-state index contributed by atoms with van der Waals surface area (Å²) in [4.78, 5) is 8.22. The van der Waals surface area contributed by atoms with Crippen LogP contribution in [-0.2, 0) is 4.74 Å². The highest BCUT2D eigenvalue weighted by molar-refractivity contribution is 7.99. The molecule has 0 saturated heterocycles. The van der Waals surface area contributed by atoms with E-state index in [2.05, 4.69) is 25.6 Å². The van der Waals surface area contributed by atoms with Gasteiger partial charge in [0.05, 0.1) is 26.7 Å². The van der Waals surface area contributed by atoms with Crippen molar-refractivity contribution in [2.75, 3.05) is 24.2 Å². The SMILES string of the molecule is [2H]C([2H])([2H])C([2H])([2H])C([2H])([2H])Sc1nc(N[C@@]2([2H])C([2H])([2H])C2([2H])c2ccc(F)c(F)c2)c2nnn([C@@H]3C[C@H](OCCO)[C@@H](O)[C@H]3O)c2n1. The van der Waals surface area contributed by atoms with Crippen LogP contribution >= 0.6 is 11.8 Å². The zero-order valence-corrected chi connectivity index (χ0v) is 19.1. The number of aliphatic hydroxyl groups excluding tert-OH is 3. The van der Waals surface area contributed by atoms with Gasteiger partial charge in [0, 0.05) is 37.7 Å². The number of anilines is 1. The molecule has 36 heavy (non-hydrogen) atoms. The number of aliphatic hydroxyl groups is 3. The van der Waals surface area contributed by atoms with Crippen molar-refractivity contribution in [3.63, 3.8) is 0 Å².